The summed E-state index contributed by atoms with van der Waals surface area (Å²) in [5.41, 5.74) is 1.26. The van der Waals surface area contributed by atoms with Crippen molar-refractivity contribution in [3.8, 4) is 0 Å². The summed E-state index contributed by atoms with van der Waals surface area (Å²) in [5, 5.41) is 0. The van der Waals surface area contributed by atoms with Crippen LogP contribution >= 0.6 is 0 Å². The summed E-state index contributed by atoms with van der Waals surface area (Å²) in [4.78, 5) is 25.6. The zero-order chi connectivity index (χ0) is 15.1. The lowest BCUT2D eigenvalue weighted by molar-refractivity contribution is -0.145. The van der Waals surface area contributed by atoms with Crippen LogP contribution in [-0.4, -0.2) is 36.0 Å². The molecule has 1 heterocycles. The second-order valence-electron chi connectivity index (χ2n) is 5.38. The van der Waals surface area contributed by atoms with Crippen LogP contribution in [0.5, 0.6) is 0 Å². The second kappa shape index (κ2) is 7.81. The fraction of sp³-hybridized carbons (Fsp3) is 0.529. The lowest BCUT2D eigenvalue weighted by Gasteiger charge is -2.25. The number of nitrogens with zero attached hydrogens (tertiary/aromatic N) is 1. The van der Waals surface area contributed by atoms with Crippen molar-refractivity contribution >= 4 is 11.9 Å². The van der Waals surface area contributed by atoms with E-state index >= 15 is 0 Å². The Balaban J connectivity index is 1.86. The molecule has 4 heteroatoms. The Hall–Kier alpha value is -1.84. The zero-order valence-electron chi connectivity index (χ0n) is 12.6. The van der Waals surface area contributed by atoms with Crippen LogP contribution in [0.3, 0.4) is 0 Å². The molecule has 1 amide bonds. The van der Waals surface area contributed by atoms with Gasteiger partial charge >= 0.3 is 5.97 Å². The quantitative estimate of drug-likeness (QED) is 0.756. The van der Waals surface area contributed by atoms with E-state index in [-0.39, 0.29) is 30.8 Å². The third-order valence-corrected chi connectivity index (χ3v) is 3.86. The number of benzene rings is 1. The number of hydrogen-bond acceptors (Lipinski definition) is 3. The number of hydrogen-bond donors (Lipinski definition) is 0. The van der Waals surface area contributed by atoms with Gasteiger partial charge in [0.2, 0.25) is 5.91 Å². The molecule has 0 saturated carbocycles. The molecule has 1 unspecified atom stereocenters. The molecular formula is C17H23NO3. The number of amides is 1. The van der Waals surface area contributed by atoms with Gasteiger partial charge in [0, 0.05) is 19.0 Å². The van der Waals surface area contributed by atoms with E-state index in [4.69, 9.17) is 4.74 Å². The number of ether oxygens (including phenoxy) is 1. The van der Waals surface area contributed by atoms with Crippen LogP contribution in [0.4, 0.5) is 0 Å². The molecule has 2 rings (SSSR count). The third kappa shape index (κ3) is 4.59. The minimum Gasteiger partial charge on any atom is -0.466 e. The molecule has 0 spiro atoms. The number of carbonyl (C=O) groups is 2. The van der Waals surface area contributed by atoms with Crippen molar-refractivity contribution in [3.05, 3.63) is 35.9 Å². The van der Waals surface area contributed by atoms with Crippen molar-refractivity contribution in [2.75, 3.05) is 13.2 Å². The van der Waals surface area contributed by atoms with E-state index < -0.39 is 0 Å². The summed E-state index contributed by atoms with van der Waals surface area (Å²) in [5.74, 6) is -0.217. The molecule has 4 nitrogen and oxygen atoms in total. The first-order valence-corrected chi connectivity index (χ1v) is 7.69. The first-order chi connectivity index (χ1) is 10.2. The van der Waals surface area contributed by atoms with E-state index in [0.29, 0.717) is 6.61 Å². The Morgan fingerprint density at radius 3 is 2.71 bits per heavy atom. The molecule has 0 aliphatic carbocycles. The molecule has 1 aliphatic heterocycles. The zero-order valence-corrected chi connectivity index (χ0v) is 12.6. The Morgan fingerprint density at radius 2 is 2.00 bits per heavy atom. The monoisotopic (exact) mass is 289 g/mol. The van der Waals surface area contributed by atoms with E-state index in [0.717, 1.165) is 25.8 Å². The lowest BCUT2D eigenvalue weighted by atomic mass is 10.0. The maximum absolute atomic E-state index is 12.3. The average molecular weight is 289 g/mol. The van der Waals surface area contributed by atoms with Crippen LogP contribution in [0.2, 0.25) is 0 Å². The molecule has 1 atom stereocenters. The van der Waals surface area contributed by atoms with Crippen molar-refractivity contribution in [2.45, 2.75) is 45.1 Å². The average Bonchev–Trinajstić information content (AvgIpc) is 2.94. The predicted molar refractivity (Wildman–Crippen MR) is 80.7 cm³/mol. The summed E-state index contributed by atoms with van der Waals surface area (Å²) in [6, 6.07) is 10.5. The molecule has 0 aromatic heterocycles. The molecular weight excluding hydrogens is 266 g/mol. The van der Waals surface area contributed by atoms with Gasteiger partial charge in [-0.15, -0.1) is 0 Å². The first-order valence-electron chi connectivity index (χ1n) is 7.69. The molecule has 1 aromatic carbocycles. The second-order valence-corrected chi connectivity index (χ2v) is 5.38. The SMILES string of the molecule is CCOC(=O)CCC(=O)N1CCCC1Cc1ccccc1. The van der Waals surface area contributed by atoms with Gasteiger partial charge in [0.05, 0.1) is 13.0 Å². The smallest absolute Gasteiger partial charge is 0.306 e. The molecule has 1 aromatic rings. The highest BCUT2D eigenvalue weighted by Crippen LogP contribution is 2.22. The highest BCUT2D eigenvalue weighted by molar-refractivity contribution is 5.81. The van der Waals surface area contributed by atoms with Gasteiger partial charge in [-0.3, -0.25) is 9.59 Å². The van der Waals surface area contributed by atoms with Gasteiger partial charge in [-0.2, -0.15) is 0 Å². The van der Waals surface area contributed by atoms with E-state index in [2.05, 4.69) is 12.1 Å². The van der Waals surface area contributed by atoms with Crippen molar-refractivity contribution < 1.29 is 14.3 Å². The molecule has 0 N–H and O–H groups in total. The van der Waals surface area contributed by atoms with Gasteiger partial charge < -0.3 is 9.64 Å². The van der Waals surface area contributed by atoms with Crippen LogP contribution in [0.25, 0.3) is 0 Å². The van der Waals surface area contributed by atoms with Gasteiger partial charge in [-0.25, -0.2) is 0 Å². The Bertz CT molecular complexity index is 472. The summed E-state index contributed by atoms with van der Waals surface area (Å²) >= 11 is 0. The molecule has 0 bridgehead atoms. The Morgan fingerprint density at radius 1 is 1.24 bits per heavy atom. The van der Waals surface area contributed by atoms with Gasteiger partial charge in [-0.1, -0.05) is 30.3 Å². The topological polar surface area (TPSA) is 46.6 Å². The van der Waals surface area contributed by atoms with E-state index in [1.54, 1.807) is 6.92 Å². The fourth-order valence-corrected chi connectivity index (χ4v) is 2.85. The minimum atomic E-state index is -0.287. The van der Waals surface area contributed by atoms with Gasteiger partial charge in [0.15, 0.2) is 0 Å². The Kier molecular flexibility index (Phi) is 5.78. The number of carbonyl (C=O) groups excluding carboxylic acids is 2. The number of likely N-dealkylation sites (tertiary alicyclic amines) is 1. The van der Waals surface area contributed by atoms with Crippen LogP contribution in [0.1, 0.15) is 38.2 Å². The third-order valence-electron chi connectivity index (χ3n) is 3.86. The van der Waals surface area contributed by atoms with Gasteiger partial charge in [0.1, 0.15) is 0 Å². The molecule has 114 valence electrons. The number of esters is 1. The maximum atomic E-state index is 12.3. The molecule has 1 fully saturated rings. The first kappa shape index (κ1) is 15.5. The van der Waals surface area contributed by atoms with Crippen LogP contribution in [0.15, 0.2) is 30.3 Å². The van der Waals surface area contributed by atoms with Crippen molar-refractivity contribution in [3.63, 3.8) is 0 Å². The van der Waals surface area contributed by atoms with Crippen LogP contribution in [-0.2, 0) is 20.7 Å². The highest BCUT2D eigenvalue weighted by Gasteiger charge is 2.28. The van der Waals surface area contributed by atoms with E-state index in [1.807, 2.05) is 23.1 Å². The van der Waals surface area contributed by atoms with Crippen LogP contribution < -0.4 is 0 Å². The van der Waals surface area contributed by atoms with Crippen LogP contribution in [0, 0.1) is 0 Å². The summed E-state index contributed by atoms with van der Waals surface area (Å²) in [6.45, 7) is 2.95. The summed E-state index contributed by atoms with van der Waals surface area (Å²) in [6.07, 6.45) is 3.42. The predicted octanol–water partition coefficient (Wildman–Crippen LogP) is 2.56. The van der Waals surface area contributed by atoms with E-state index in [9.17, 15) is 9.59 Å². The van der Waals surface area contributed by atoms with Gasteiger partial charge in [-0.05, 0) is 31.7 Å². The summed E-state index contributed by atoms with van der Waals surface area (Å²) < 4.78 is 4.87. The normalized spacial score (nSPS) is 17.8. The molecule has 0 radical (unpaired) electrons. The summed E-state index contributed by atoms with van der Waals surface area (Å²) in [7, 11) is 0. The fourth-order valence-electron chi connectivity index (χ4n) is 2.85. The largest absolute Gasteiger partial charge is 0.466 e. The Labute approximate surface area is 126 Å². The molecule has 1 aliphatic rings. The van der Waals surface area contributed by atoms with Crippen molar-refractivity contribution in [1.29, 1.82) is 0 Å². The van der Waals surface area contributed by atoms with Crippen molar-refractivity contribution in [1.82, 2.24) is 4.90 Å². The van der Waals surface area contributed by atoms with E-state index in [1.165, 1.54) is 5.56 Å². The minimum absolute atomic E-state index is 0.0708. The van der Waals surface area contributed by atoms with Gasteiger partial charge in [0.25, 0.3) is 0 Å². The molecule has 21 heavy (non-hydrogen) atoms. The van der Waals surface area contributed by atoms with Crippen molar-refractivity contribution in [2.24, 2.45) is 0 Å². The lowest BCUT2D eigenvalue weighted by Crippen LogP contribution is -2.37. The maximum Gasteiger partial charge on any atom is 0.306 e. The highest BCUT2D eigenvalue weighted by atomic mass is 16.5. The number of rotatable bonds is 6. The standard InChI is InChI=1S/C17H23NO3/c1-2-21-17(20)11-10-16(19)18-12-6-9-15(18)13-14-7-4-3-5-8-14/h3-5,7-8,15H,2,6,9-13H2,1H3. The molecule has 1 saturated heterocycles.